The van der Waals surface area contributed by atoms with Crippen LogP contribution < -0.4 is 11.1 Å². The van der Waals surface area contributed by atoms with E-state index in [9.17, 15) is 4.79 Å². The fraction of sp³-hybridized carbons (Fsp3) is 0.188. The molecule has 0 unspecified atom stereocenters. The van der Waals surface area contributed by atoms with Crippen LogP contribution in [0, 0.1) is 6.92 Å². The number of nitrogen functional groups attached to an aromatic ring is 1. The maximum Gasteiger partial charge on any atom is 0.252 e. The van der Waals surface area contributed by atoms with Gasteiger partial charge in [0, 0.05) is 11.3 Å². The zero-order chi connectivity index (χ0) is 13.8. The molecule has 0 fully saturated rings. The second-order valence-corrected chi connectivity index (χ2v) is 4.63. The van der Waals surface area contributed by atoms with Crippen molar-refractivity contribution in [3.05, 3.63) is 65.2 Å². The predicted molar refractivity (Wildman–Crippen MR) is 77.9 cm³/mol. The summed E-state index contributed by atoms with van der Waals surface area (Å²) < 4.78 is 0. The minimum Gasteiger partial charge on any atom is -0.398 e. The van der Waals surface area contributed by atoms with Gasteiger partial charge in [-0.15, -0.1) is 0 Å². The highest BCUT2D eigenvalue weighted by molar-refractivity contribution is 5.97. The Labute approximate surface area is 113 Å². The van der Waals surface area contributed by atoms with Crippen LogP contribution in [-0.2, 0) is 0 Å². The van der Waals surface area contributed by atoms with Crippen molar-refractivity contribution in [1.29, 1.82) is 0 Å². The summed E-state index contributed by atoms with van der Waals surface area (Å²) in [6.45, 7) is 3.83. The zero-order valence-corrected chi connectivity index (χ0v) is 11.2. The largest absolute Gasteiger partial charge is 0.398 e. The molecule has 0 aliphatic carbocycles. The van der Waals surface area contributed by atoms with Gasteiger partial charge >= 0.3 is 0 Å². The number of nitrogens with two attached hydrogens (primary N) is 1. The molecule has 19 heavy (non-hydrogen) atoms. The highest BCUT2D eigenvalue weighted by Gasteiger charge is 2.13. The molecule has 0 bridgehead atoms. The molecule has 2 aromatic carbocycles. The average molecular weight is 254 g/mol. The molecule has 3 heteroatoms. The van der Waals surface area contributed by atoms with Crippen molar-refractivity contribution >= 4 is 11.6 Å². The zero-order valence-electron chi connectivity index (χ0n) is 11.2. The van der Waals surface area contributed by atoms with Crippen LogP contribution in [0.5, 0.6) is 0 Å². The van der Waals surface area contributed by atoms with E-state index in [1.54, 1.807) is 18.2 Å². The first-order valence-electron chi connectivity index (χ1n) is 6.30. The van der Waals surface area contributed by atoms with Gasteiger partial charge in [0.1, 0.15) is 0 Å². The Morgan fingerprint density at radius 1 is 1.11 bits per heavy atom. The minimum absolute atomic E-state index is 0.0328. The summed E-state index contributed by atoms with van der Waals surface area (Å²) in [6, 6.07) is 15.2. The van der Waals surface area contributed by atoms with Crippen LogP contribution in [0.2, 0.25) is 0 Å². The van der Waals surface area contributed by atoms with Gasteiger partial charge in [0.15, 0.2) is 0 Å². The van der Waals surface area contributed by atoms with Gasteiger partial charge in [-0.2, -0.15) is 0 Å². The average Bonchev–Trinajstić information content (AvgIpc) is 2.42. The topological polar surface area (TPSA) is 55.1 Å². The van der Waals surface area contributed by atoms with Crippen LogP contribution in [0.15, 0.2) is 48.5 Å². The van der Waals surface area contributed by atoms with Crippen LogP contribution in [0.3, 0.4) is 0 Å². The summed E-state index contributed by atoms with van der Waals surface area (Å²) in [5.41, 5.74) is 8.99. The number of benzene rings is 2. The fourth-order valence-corrected chi connectivity index (χ4v) is 2.00. The Morgan fingerprint density at radius 2 is 1.79 bits per heavy atom. The normalized spacial score (nSPS) is 11.9. The first kappa shape index (κ1) is 13.1. The summed E-state index contributed by atoms with van der Waals surface area (Å²) in [6.07, 6.45) is 0. The number of carbonyl (C=O) groups excluding carboxylic acids is 1. The smallest absolute Gasteiger partial charge is 0.252 e. The number of hydrogen-bond donors (Lipinski definition) is 2. The molecular formula is C16H18N2O. The molecule has 2 rings (SSSR count). The molecule has 0 aliphatic heterocycles. The second-order valence-electron chi connectivity index (χ2n) is 4.63. The molecular weight excluding hydrogens is 236 g/mol. The maximum absolute atomic E-state index is 12.2. The third-order valence-electron chi connectivity index (χ3n) is 3.27. The Bertz CT molecular complexity index is 579. The third-order valence-corrected chi connectivity index (χ3v) is 3.27. The molecule has 1 atom stereocenters. The number of hydrogen-bond acceptors (Lipinski definition) is 2. The van der Waals surface area contributed by atoms with E-state index in [1.165, 1.54) is 0 Å². The maximum atomic E-state index is 12.2. The van der Waals surface area contributed by atoms with E-state index in [1.807, 2.05) is 44.2 Å². The third kappa shape index (κ3) is 2.94. The fourth-order valence-electron chi connectivity index (χ4n) is 2.00. The van der Waals surface area contributed by atoms with Crippen LogP contribution >= 0.6 is 0 Å². The predicted octanol–water partition coefficient (Wildman–Crippen LogP) is 3.07. The summed E-state index contributed by atoms with van der Waals surface area (Å²) in [7, 11) is 0. The Kier molecular flexibility index (Phi) is 3.85. The number of rotatable bonds is 3. The van der Waals surface area contributed by atoms with Crippen LogP contribution in [0.4, 0.5) is 5.69 Å². The molecule has 0 aliphatic rings. The van der Waals surface area contributed by atoms with Gasteiger partial charge in [0.25, 0.3) is 5.91 Å². The van der Waals surface area contributed by atoms with Gasteiger partial charge in [-0.05, 0) is 37.1 Å². The Hall–Kier alpha value is -2.29. The van der Waals surface area contributed by atoms with Crippen molar-refractivity contribution in [3.8, 4) is 0 Å². The van der Waals surface area contributed by atoms with Crippen molar-refractivity contribution in [2.75, 3.05) is 5.73 Å². The van der Waals surface area contributed by atoms with E-state index >= 15 is 0 Å². The van der Waals surface area contributed by atoms with Gasteiger partial charge in [0.05, 0.1) is 6.04 Å². The number of anilines is 1. The van der Waals surface area contributed by atoms with E-state index in [0.29, 0.717) is 11.3 Å². The lowest BCUT2D eigenvalue weighted by atomic mass is 10.0. The highest BCUT2D eigenvalue weighted by Crippen LogP contribution is 2.17. The first-order valence-corrected chi connectivity index (χ1v) is 6.30. The van der Waals surface area contributed by atoms with Gasteiger partial charge in [0.2, 0.25) is 0 Å². The Morgan fingerprint density at radius 3 is 2.47 bits per heavy atom. The Balaban J connectivity index is 2.16. The van der Waals surface area contributed by atoms with Crippen molar-refractivity contribution in [3.63, 3.8) is 0 Å². The molecule has 0 saturated heterocycles. The quantitative estimate of drug-likeness (QED) is 0.827. The van der Waals surface area contributed by atoms with Crippen molar-refractivity contribution in [2.24, 2.45) is 0 Å². The summed E-state index contributed by atoms with van der Waals surface area (Å²) in [5, 5.41) is 2.99. The standard InChI is InChI=1S/C16H18N2O/c1-11-14(9-6-10-15(11)17)16(19)18-12(2)13-7-4-3-5-8-13/h3-10,12H,17H2,1-2H3,(H,18,19)/t12-/m0/s1. The SMILES string of the molecule is Cc1c(N)cccc1C(=O)N[C@@H](C)c1ccccc1. The van der Waals surface area contributed by atoms with Crippen molar-refractivity contribution in [1.82, 2.24) is 5.32 Å². The second kappa shape index (κ2) is 5.57. The van der Waals surface area contributed by atoms with Gasteiger partial charge in [-0.25, -0.2) is 0 Å². The van der Waals surface area contributed by atoms with Crippen LogP contribution in [0.25, 0.3) is 0 Å². The van der Waals surface area contributed by atoms with Crippen LogP contribution in [0.1, 0.15) is 34.5 Å². The summed E-state index contributed by atoms with van der Waals surface area (Å²) in [4.78, 5) is 12.2. The lowest BCUT2D eigenvalue weighted by Crippen LogP contribution is -2.27. The van der Waals surface area contributed by atoms with Gasteiger partial charge in [-0.3, -0.25) is 4.79 Å². The molecule has 0 aromatic heterocycles. The van der Waals surface area contributed by atoms with Gasteiger partial charge < -0.3 is 11.1 Å². The van der Waals surface area contributed by atoms with Crippen molar-refractivity contribution in [2.45, 2.75) is 19.9 Å². The van der Waals surface area contributed by atoms with Gasteiger partial charge in [-0.1, -0.05) is 36.4 Å². The number of amides is 1. The first-order chi connectivity index (χ1) is 9.09. The van der Waals surface area contributed by atoms with E-state index in [4.69, 9.17) is 5.73 Å². The lowest BCUT2D eigenvalue weighted by molar-refractivity contribution is 0.0939. The molecule has 0 heterocycles. The molecule has 2 aromatic rings. The summed E-state index contributed by atoms with van der Waals surface area (Å²) >= 11 is 0. The van der Waals surface area contributed by atoms with E-state index in [-0.39, 0.29) is 11.9 Å². The molecule has 98 valence electrons. The molecule has 3 N–H and O–H groups in total. The molecule has 0 spiro atoms. The van der Waals surface area contributed by atoms with E-state index in [0.717, 1.165) is 11.1 Å². The molecule has 0 radical (unpaired) electrons. The summed E-state index contributed by atoms with van der Waals surface area (Å²) in [5.74, 6) is -0.0962. The minimum atomic E-state index is -0.0962. The molecule has 1 amide bonds. The number of carbonyl (C=O) groups is 1. The highest BCUT2D eigenvalue weighted by atomic mass is 16.1. The van der Waals surface area contributed by atoms with E-state index in [2.05, 4.69) is 5.32 Å². The van der Waals surface area contributed by atoms with Crippen molar-refractivity contribution < 1.29 is 4.79 Å². The van der Waals surface area contributed by atoms with Crippen LogP contribution in [-0.4, -0.2) is 5.91 Å². The number of nitrogens with one attached hydrogen (secondary N) is 1. The van der Waals surface area contributed by atoms with E-state index < -0.39 is 0 Å². The lowest BCUT2D eigenvalue weighted by Gasteiger charge is -2.15. The monoisotopic (exact) mass is 254 g/mol. The molecule has 3 nitrogen and oxygen atoms in total. The molecule has 0 saturated carbocycles.